The monoisotopic (exact) mass is 474 g/mol. The van der Waals surface area contributed by atoms with Gasteiger partial charge in [0.2, 0.25) is 11.6 Å². The van der Waals surface area contributed by atoms with Crippen LogP contribution in [0.3, 0.4) is 0 Å². The van der Waals surface area contributed by atoms with Gasteiger partial charge in [-0.15, -0.1) is 0 Å². The number of rotatable bonds is 6. The Hall–Kier alpha value is -4.08. The summed E-state index contributed by atoms with van der Waals surface area (Å²) in [5.41, 5.74) is 1.63. The molecule has 178 valence electrons. The Balaban J connectivity index is 2.00. The summed E-state index contributed by atoms with van der Waals surface area (Å²) in [4.78, 5) is 3.85. The summed E-state index contributed by atoms with van der Waals surface area (Å²) in [5.74, 6) is -0.264. The van der Waals surface area contributed by atoms with Crippen LogP contribution in [0.1, 0.15) is 5.82 Å². The highest BCUT2D eigenvalue weighted by atomic mass is 19.4. The fourth-order valence-corrected chi connectivity index (χ4v) is 3.77. The van der Waals surface area contributed by atoms with Gasteiger partial charge in [-0.3, -0.25) is 4.57 Å². The third kappa shape index (κ3) is 3.91. The maximum absolute atomic E-state index is 14.0. The summed E-state index contributed by atoms with van der Waals surface area (Å²) in [5, 5.41) is 10.1. The summed E-state index contributed by atoms with van der Waals surface area (Å²) in [6, 6.07) is 12.3. The predicted octanol–water partition coefficient (Wildman–Crippen LogP) is 5.45. The van der Waals surface area contributed by atoms with Crippen molar-refractivity contribution in [3.63, 3.8) is 0 Å². The topological polar surface area (TPSA) is 75.0 Å². The maximum atomic E-state index is 14.0. The molecule has 0 atom stereocenters. The van der Waals surface area contributed by atoms with Gasteiger partial charge in [0.25, 0.3) is 0 Å². The molecule has 1 aromatic heterocycles. The number of halogens is 3. The van der Waals surface area contributed by atoms with Crippen LogP contribution in [-0.4, -0.2) is 43.1 Å². The third-order valence-corrected chi connectivity index (χ3v) is 5.33. The van der Waals surface area contributed by atoms with Crippen molar-refractivity contribution >= 4 is 11.0 Å². The molecule has 0 saturated carbocycles. The summed E-state index contributed by atoms with van der Waals surface area (Å²) >= 11 is 0. The summed E-state index contributed by atoms with van der Waals surface area (Å²) < 4.78 is 64.1. The maximum Gasteiger partial charge on any atom is 0.450 e. The van der Waals surface area contributed by atoms with Gasteiger partial charge in [0.1, 0.15) is 0 Å². The van der Waals surface area contributed by atoms with E-state index in [1.165, 1.54) is 52.7 Å². The Labute approximate surface area is 192 Å². The number of hydrogen-bond acceptors (Lipinski definition) is 6. The molecular formula is C24H21F3N2O5. The standard InChI is InChI=1S/C24H21F3N2O5/c1-31-19-8-6-14(10-18(19)30)13-5-7-16-17(9-13)29(23(28-16)24(25,26)27)15-11-20(32-2)22(34-4)21(12-15)33-3/h5-12,30H,1-4H3. The molecule has 0 aliphatic carbocycles. The lowest BCUT2D eigenvalue weighted by atomic mass is 10.0. The van der Waals surface area contributed by atoms with Crippen LogP contribution in [0.4, 0.5) is 13.2 Å². The first-order chi connectivity index (χ1) is 16.2. The van der Waals surface area contributed by atoms with Crippen LogP contribution in [0.2, 0.25) is 0 Å². The Morgan fingerprint density at radius 3 is 1.88 bits per heavy atom. The lowest BCUT2D eigenvalue weighted by molar-refractivity contribution is -0.145. The molecule has 0 fully saturated rings. The number of fused-ring (bicyclic) bond motifs is 1. The predicted molar refractivity (Wildman–Crippen MR) is 119 cm³/mol. The quantitative estimate of drug-likeness (QED) is 0.401. The van der Waals surface area contributed by atoms with Gasteiger partial charge in [-0.2, -0.15) is 13.2 Å². The van der Waals surface area contributed by atoms with E-state index in [4.69, 9.17) is 18.9 Å². The van der Waals surface area contributed by atoms with Crippen molar-refractivity contribution in [2.75, 3.05) is 28.4 Å². The third-order valence-electron chi connectivity index (χ3n) is 5.33. The van der Waals surface area contributed by atoms with Crippen molar-refractivity contribution in [2.24, 2.45) is 0 Å². The largest absolute Gasteiger partial charge is 0.504 e. The van der Waals surface area contributed by atoms with E-state index in [1.54, 1.807) is 24.3 Å². The molecule has 4 rings (SSSR count). The fourth-order valence-electron chi connectivity index (χ4n) is 3.77. The minimum Gasteiger partial charge on any atom is -0.504 e. The van der Waals surface area contributed by atoms with E-state index in [1.807, 2.05) is 0 Å². The van der Waals surface area contributed by atoms with Gasteiger partial charge in [-0.1, -0.05) is 12.1 Å². The number of imidazole rings is 1. The molecular weight excluding hydrogens is 453 g/mol. The average Bonchev–Trinajstić information content (AvgIpc) is 3.22. The molecule has 0 amide bonds. The van der Waals surface area contributed by atoms with Gasteiger partial charge < -0.3 is 24.1 Å². The molecule has 0 aliphatic rings. The molecule has 4 aromatic rings. The Morgan fingerprint density at radius 1 is 0.765 bits per heavy atom. The van der Waals surface area contributed by atoms with Crippen molar-refractivity contribution in [1.82, 2.24) is 9.55 Å². The van der Waals surface area contributed by atoms with E-state index in [2.05, 4.69) is 4.98 Å². The van der Waals surface area contributed by atoms with E-state index in [9.17, 15) is 18.3 Å². The summed E-state index contributed by atoms with van der Waals surface area (Å²) in [6.07, 6.45) is -4.74. The molecule has 0 saturated heterocycles. The molecule has 0 spiro atoms. The molecule has 0 unspecified atom stereocenters. The summed E-state index contributed by atoms with van der Waals surface area (Å²) in [7, 11) is 5.60. The van der Waals surface area contributed by atoms with E-state index in [0.29, 0.717) is 11.1 Å². The van der Waals surface area contributed by atoms with E-state index >= 15 is 0 Å². The number of nitrogens with zero attached hydrogens (tertiary/aromatic N) is 2. The highest BCUT2D eigenvalue weighted by molar-refractivity contribution is 5.85. The molecule has 7 nitrogen and oxygen atoms in total. The SMILES string of the molecule is COc1ccc(-c2ccc3nc(C(F)(F)F)n(-c4cc(OC)c(OC)c(OC)c4)c3c2)cc1O. The van der Waals surface area contributed by atoms with Gasteiger partial charge in [0.05, 0.1) is 45.2 Å². The molecule has 34 heavy (non-hydrogen) atoms. The molecule has 0 radical (unpaired) electrons. The number of phenolic OH excluding ortho intramolecular Hbond substituents is 1. The second kappa shape index (κ2) is 8.69. The van der Waals surface area contributed by atoms with Gasteiger partial charge in [-0.05, 0) is 35.4 Å². The zero-order valence-electron chi connectivity index (χ0n) is 18.7. The zero-order chi connectivity index (χ0) is 24.6. The molecule has 1 N–H and O–H groups in total. The molecule has 10 heteroatoms. The van der Waals surface area contributed by atoms with Crippen LogP contribution in [0, 0.1) is 0 Å². The Bertz CT molecular complexity index is 1340. The minimum absolute atomic E-state index is 0.0887. The normalized spacial score (nSPS) is 11.5. The fraction of sp³-hybridized carbons (Fsp3) is 0.208. The number of hydrogen-bond donors (Lipinski definition) is 1. The first kappa shape index (κ1) is 23.1. The lowest BCUT2D eigenvalue weighted by Gasteiger charge is -2.17. The van der Waals surface area contributed by atoms with Crippen LogP contribution in [0.25, 0.3) is 27.8 Å². The van der Waals surface area contributed by atoms with Crippen molar-refractivity contribution in [3.8, 4) is 45.6 Å². The first-order valence-corrected chi connectivity index (χ1v) is 9.99. The molecule has 0 bridgehead atoms. The first-order valence-electron chi connectivity index (χ1n) is 9.99. The highest BCUT2D eigenvalue weighted by Gasteiger charge is 2.38. The number of ether oxygens (including phenoxy) is 4. The van der Waals surface area contributed by atoms with Gasteiger partial charge in [-0.25, -0.2) is 4.98 Å². The number of benzene rings is 3. The van der Waals surface area contributed by atoms with Crippen LogP contribution in [-0.2, 0) is 6.18 Å². The second-order valence-electron chi connectivity index (χ2n) is 7.24. The van der Waals surface area contributed by atoms with E-state index in [-0.39, 0.29) is 45.5 Å². The van der Waals surface area contributed by atoms with Crippen LogP contribution in [0.15, 0.2) is 48.5 Å². The Morgan fingerprint density at radius 2 is 1.35 bits per heavy atom. The van der Waals surface area contributed by atoms with E-state index < -0.39 is 12.0 Å². The van der Waals surface area contributed by atoms with Gasteiger partial charge in [0.15, 0.2) is 23.0 Å². The summed E-state index contributed by atoms with van der Waals surface area (Å²) in [6.45, 7) is 0. The lowest BCUT2D eigenvalue weighted by Crippen LogP contribution is -2.14. The number of aromatic nitrogens is 2. The number of methoxy groups -OCH3 is 4. The number of phenols is 1. The van der Waals surface area contributed by atoms with Crippen molar-refractivity contribution < 1.29 is 37.2 Å². The van der Waals surface area contributed by atoms with Crippen molar-refractivity contribution in [2.45, 2.75) is 6.18 Å². The Kier molecular flexibility index (Phi) is 5.90. The van der Waals surface area contributed by atoms with Crippen LogP contribution in [0.5, 0.6) is 28.7 Å². The van der Waals surface area contributed by atoms with Crippen LogP contribution >= 0.6 is 0 Å². The van der Waals surface area contributed by atoms with Gasteiger partial charge >= 0.3 is 6.18 Å². The molecule has 3 aromatic carbocycles. The smallest absolute Gasteiger partial charge is 0.450 e. The van der Waals surface area contributed by atoms with Crippen LogP contribution < -0.4 is 18.9 Å². The molecule has 0 aliphatic heterocycles. The number of alkyl halides is 3. The number of aromatic hydroxyl groups is 1. The van der Waals surface area contributed by atoms with Gasteiger partial charge in [0, 0.05) is 12.1 Å². The van der Waals surface area contributed by atoms with E-state index in [0.717, 1.165) is 4.57 Å². The second-order valence-corrected chi connectivity index (χ2v) is 7.24. The zero-order valence-corrected chi connectivity index (χ0v) is 18.7. The highest BCUT2D eigenvalue weighted by Crippen LogP contribution is 2.42. The minimum atomic E-state index is -4.74. The van der Waals surface area contributed by atoms with Crippen molar-refractivity contribution in [3.05, 3.63) is 54.4 Å². The molecule has 1 heterocycles. The van der Waals surface area contributed by atoms with Crippen molar-refractivity contribution in [1.29, 1.82) is 0 Å². The average molecular weight is 474 g/mol.